The summed E-state index contributed by atoms with van der Waals surface area (Å²) >= 11 is 3.77. The van der Waals surface area contributed by atoms with Crippen LogP contribution in [-0.4, -0.2) is 58.3 Å². The summed E-state index contributed by atoms with van der Waals surface area (Å²) in [6, 6.07) is -1.72. The molecule has 11 heteroatoms. The highest BCUT2D eigenvalue weighted by atomic mass is 32.1. The molecule has 0 saturated heterocycles. The van der Waals surface area contributed by atoms with Crippen molar-refractivity contribution in [3.63, 3.8) is 0 Å². The molecule has 9 N–H and O–H groups in total. The van der Waals surface area contributed by atoms with Crippen molar-refractivity contribution in [2.24, 2.45) is 17.2 Å². The number of hydrogen-bond donors (Lipinski definition) is 7. The molecule has 122 valence electrons. The van der Waals surface area contributed by atoms with Gasteiger partial charge in [0.15, 0.2) is 0 Å². The molecular formula is C10H20N4O6S. The minimum Gasteiger partial charge on any atom is -0.480 e. The second-order valence-electron chi connectivity index (χ2n) is 3.85. The highest BCUT2D eigenvalue weighted by molar-refractivity contribution is 7.80. The molecule has 0 aliphatic rings. The number of carbonyl (C=O) groups is 4. The van der Waals surface area contributed by atoms with Crippen molar-refractivity contribution in [2.75, 3.05) is 12.3 Å². The normalized spacial score (nSPS) is 12.3. The van der Waals surface area contributed by atoms with Crippen molar-refractivity contribution in [1.29, 1.82) is 0 Å². The summed E-state index contributed by atoms with van der Waals surface area (Å²) in [7, 11) is 0. The smallest absolute Gasteiger partial charge is 0.322 e. The van der Waals surface area contributed by atoms with Crippen LogP contribution in [0.25, 0.3) is 0 Å². The molecule has 2 amide bonds. The van der Waals surface area contributed by atoms with Gasteiger partial charge in [0.25, 0.3) is 0 Å². The molecule has 21 heavy (non-hydrogen) atoms. The molecule has 0 rings (SSSR count). The first kappa shape index (κ1) is 21.4. The number of thiol groups is 1. The molecule has 0 heterocycles. The molecule has 2 atom stereocenters. The van der Waals surface area contributed by atoms with Gasteiger partial charge < -0.3 is 32.7 Å². The minimum atomic E-state index is -1.11. The molecule has 0 radical (unpaired) electrons. The van der Waals surface area contributed by atoms with Gasteiger partial charge in [-0.3, -0.25) is 19.2 Å². The summed E-state index contributed by atoms with van der Waals surface area (Å²) < 4.78 is 0. The number of carboxylic acid groups (broad SMARTS) is 2. The van der Waals surface area contributed by atoms with Crippen molar-refractivity contribution in [1.82, 2.24) is 5.32 Å². The van der Waals surface area contributed by atoms with E-state index in [4.69, 9.17) is 27.4 Å². The number of rotatable bonds is 8. The predicted octanol–water partition coefficient (Wildman–Crippen LogP) is -2.89. The summed E-state index contributed by atoms with van der Waals surface area (Å²) in [6.45, 7) is -0.402. The van der Waals surface area contributed by atoms with Crippen molar-refractivity contribution < 1.29 is 29.4 Å². The molecule has 10 nitrogen and oxygen atoms in total. The van der Waals surface area contributed by atoms with Crippen LogP contribution >= 0.6 is 12.6 Å². The van der Waals surface area contributed by atoms with E-state index in [1.165, 1.54) is 0 Å². The van der Waals surface area contributed by atoms with Crippen LogP contribution in [0.1, 0.15) is 12.8 Å². The summed E-state index contributed by atoms with van der Waals surface area (Å²) in [6.07, 6.45) is 0.123. The fraction of sp³-hybridized carbons (Fsp3) is 0.600. The van der Waals surface area contributed by atoms with Crippen molar-refractivity contribution in [3.05, 3.63) is 0 Å². The van der Waals surface area contributed by atoms with Gasteiger partial charge >= 0.3 is 11.9 Å². The van der Waals surface area contributed by atoms with Crippen LogP contribution in [0, 0.1) is 0 Å². The van der Waals surface area contributed by atoms with E-state index in [-0.39, 0.29) is 18.6 Å². The van der Waals surface area contributed by atoms with Crippen molar-refractivity contribution in [2.45, 2.75) is 24.9 Å². The van der Waals surface area contributed by atoms with Gasteiger partial charge in [0.1, 0.15) is 12.6 Å². The highest BCUT2D eigenvalue weighted by Gasteiger charge is 2.12. The van der Waals surface area contributed by atoms with E-state index in [9.17, 15) is 19.2 Å². The Morgan fingerprint density at radius 2 is 1.62 bits per heavy atom. The molecule has 0 unspecified atom stereocenters. The summed E-state index contributed by atoms with van der Waals surface area (Å²) in [5.41, 5.74) is 15.0. The van der Waals surface area contributed by atoms with Gasteiger partial charge in [0, 0.05) is 12.2 Å². The SMILES string of the molecule is NC(=O)CC[C@H](N)C(=O)O.N[C@@H](CS)C(=O)NCC(=O)O. The third-order valence-electron chi connectivity index (χ3n) is 1.97. The topological polar surface area (TPSA) is 199 Å². The van der Waals surface area contributed by atoms with E-state index in [1.54, 1.807) is 0 Å². The Morgan fingerprint density at radius 3 is 1.95 bits per heavy atom. The number of nitrogens with two attached hydrogens (primary N) is 3. The standard InChI is InChI=1S/C5H10N2O3S.C5H10N2O3/c6-3(2-11)5(10)7-1-4(8)9;6-3(5(9)10)1-2-4(7)8/h3,11H,1-2,6H2,(H,7,10)(H,8,9);3H,1-2,6H2,(H2,7,8)(H,9,10)/t2*3-/m00/s1. The van der Waals surface area contributed by atoms with E-state index in [1.807, 2.05) is 0 Å². The zero-order valence-electron chi connectivity index (χ0n) is 11.2. The lowest BCUT2D eigenvalue weighted by atomic mass is 10.2. The number of carbonyl (C=O) groups excluding carboxylic acids is 2. The molecule has 0 aromatic heterocycles. The Kier molecular flexibility index (Phi) is 12.2. The molecule has 0 aliphatic heterocycles. The van der Waals surface area contributed by atoms with Crippen LogP contribution in [0.2, 0.25) is 0 Å². The van der Waals surface area contributed by atoms with Gasteiger partial charge in [-0.15, -0.1) is 0 Å². The maximum absolute atomic E-state index is 10.7. The highest BCUT2D eigenvalue weighted by Crippen LogP contribution is 1.92. The zero-order chi connectivity index (χ0) is 17.0. The van der Waals surface area contributed by atoms with Crippen LogP contribution in [0.5, 0.6) is 0 Å². The van der Waals surface area contributed by atoms with Crippen LogP contribution in [0.4, 0.5) is 0 Å². The van der Waals surface area contributed by atoms with Gasteiger partial charge in [-0.2, -0.15) is 12.6 Å². The fourth-order valence-corrected chi connectivity index (χ4v) is 0.964. The van der Waals surface area contributed by atoms with Crippen molar-refractivity contribution >= 4 is 36.4 Å². The number of carboxylic acids is 2. The van der Waals surface area contributed by atoms with Crippen LogP contribution in [0.15, 0.2) is 0 Å². The maximum atomic E-state index is 10.7. The van der Waals surface area contributed by atoms with Gasteiger partial charge in [-0.1, -0.05) is 0 Å². The van der Waals surface area contributed by atoms with E-state index >= 15 is 0 Å². The number of amides is 2. The third kappa shape index (κ3) is 14.4. The van der Waals surface area contributed by atoms with Gasteiger partial charge in [-0.05, 0) is 6.42 Å². The summed E-state index contributed by atoms with van der Waals surface area (Å²) in [4.78, 5) is 40.8. The van der Waals surface area contributed by atoms with E-state index in [0.717, 1.165) is 0 Å². The molecule has 0 bridgehead atoms. The molecule has 0 aliphatic carbocycles. The summed E-state index contributed by atoms with van der Waals surface area (Å²) in [5.74, 6) is -3.03. The first-order chi connectivity index (χ1) is 9.61. The lowest BCUT2D eigenvalue weighted by Gasteiger charge is -2.06. The lowest BCUT2D eigenvalue weighted by Crippen LogP contribution is -2.43. The molecule has 0 aromatic rings. The molecule has 0 spiro atoms. The number of primary amides is 1. The minimum absolute atomic E-state index is 0.0213. The molecular weight excluding hydrogens is 304 g/mol. The Labute approximate surface area is 126 Å². The fourth-order valence-electron chi connectivity index (χ4n) is 0.798. The average molecular weight is 324 g/mol. The van der Waals surface area contributed by atoms with E-state index < -0.39 is 42.4 Å². The Hall–Kier alpha value is -1.85. The number of hydrogen-bond acceptors (Lipinski definition) is 7. The molecule has 0 saturated carbocycles. The van der Waals surface area contributed by atoms with Gasteiger partial charge in [-0.25, -0.2) is 0 Å². The second kappa shape index (κ2) is 11.9. The van der Waals surface area contributed by atoms with Gasteiger partial charge in [0.05, 0.1) is 6.04 Å². The third-order valence-corrected chi connectivity index (χ3v) is 2.36. The maximum Gasteiger partial charge on any atom is 0.322 e. The largest absolute Gasteiger partial charge is 0.480 e. The quantitative estimate of drug-likeness (QED) is 0.231. The van der Waals surface area contributed by atoms with E-state index in [2.05, 4.69) is 17.9 Å². The van der Waals surface area contributed by atoms with E-state index in [0.29, 0.717) is 0 Å². The Bertz CT molecular complexity index is 379. The monoisotopic (exact) mass is 324 g/mol. The lowest BCUT2D eigenvalue weighted by molar-refractivity contribution is -0.139. The number of aliphatic carboxylic acids is 2. The van der Waals surface area contributed by atoms with Crippen molar-refractivity contribution in [3.8, 4) is 0 Å². The number of nitrogens with one attached hydrogen (secondary N) is 1. The van der Waals surface area contributed by atoms with Crippen LogP contribution in [-0.2, 0) is 19.2 Å². The van der Waals surface area contributed by atoms with Crippen LogP contribution in [0.3, 0.4) is 0 Å². The second-order valence-corrected chi connectivity index (χ2v) is 4.22. The Morgan fingerprint density at radius 1 is 1.10 bits per heavy atom. The average Bonchev–Trinajstić information content (AvgIpc) is 2.41. The van der Waals surface area contributed by atoms with Gasteiger partial charge in [0.2, 0.25) is 11.8 Å². The molecule has 0 aromatic carbocycles. The zero-order valence-corrected chi connectivity index (χ0v) is 12.1. The Balaban J connectivity index is 0. The first-order valence-corrected chi connectivity index (χ1v) is 6.37. The van der Waals surface area contributed by atoms with Crippen LogP contribution < -0.4 is 22.5 Å². The predicted molar refractivity (Wildman–Crippen MR) is 76.5 cm³/mol. The molecule has 0 fully saturated rings. The first-order valence-electron chi connectivity index (χ1n) is 5.74. The summed E-state index contributed by atoms with van der Waals surface area (Å²) in [5, 5.41) is 18.5.